The Balaban J connectivity index is 1.35. The Bertz CT molecular complexity index is 1150. The molecule has 0 saturated carbocycles. The van der Waals surface area contributed by atoms with Crippen molar-refractivity contribution in [2.75, 3.05) is 26.3 Å². The molecule has 0 aliphatic carbocycles. The van der Waals surface area contributed by atoms with Crippen LogP contribution < -0.4 is 0 Å². The van der Waals surface area contributed by atoms with E-state index in [1.807, 2.05) is 23.1 Å². The van der Waals surface area contributed by atoms with Gasteiger partial charge in [-0.2, -0.15) is 0 Å². The molecule has 32 heavy (non-hydrogen) atoms. The van der Waals surface area contributed by atoms with Crippen LogP contribution in [0.25, 0.3) is 11.1 Å². The number of hydrogen-bond donors (Lipinski definition) is 0. The van der Waals surface area contributed by atoms with Gasteiger partial charge in [0.15, 0.2) is 11.5 Å². The molecule has 2 fully saturated rings. The van der Waals surface area contributed by atoms with E-state index in [1.165, 1.54) is 0 Å². The van der Waals surface area contributed by atoms with Gasteiger partial charge < -0.3 is 14.1 Å². The molecule has 0 N–H and O–H groups in total. The Labute approximate surface area is 201 Å². The highest BCUT2D eigenvalue weighted by atomic mass is 35.5. The van der Waals surface area contributed by atoms with E-state index < -0.39 is 5.41 Å². The van der Waals surface area contributed by atoms with E-state index in [4.69, 9.17) is 44.0 Å². The summed E-state index contributed by atoms with van der Waals surface area (Å²) < 4.78 is 11.6. The number of benzene rings is 2. The second-order valence-electron chi connectivity index (χ2n) is 8.55. The minimum atomic E-state index is -0.679. The van der Waals surface area contributed by atoms with Crippen molar-refractivity contribution < 1.29 is 13.9 Å². The molecule has 3 heterocycles. The Morgan fingerprint density at radius 3 is 2.41 bits per heavy atom. The van der Waals surface area contributed by atoms with Crippen LogP contribution in [-0.4, -0.2) is 42.1 Å². The van der Waals surface area contributed by atoms with Crippen molar-refractivity contribution in [2.45, 2.75) is 37.0 Å². The number of amides is 1. The number of carbonyl (C=O) groups is 1. The summed E-state index contributed by atoms with van der Waals surface area (Å²) in [5.41, 5.74) is 1.67. The van der Waals surface area contributed by atoms with Crippen LogP contribution in [0.3, 0.4) is 0 Å². The van der Waals surface area contributed by atoms with E-state index in [-0.39, 0.29) is 11.8 Å². The molecule has 2 aliphatic rings. The number of carbonyl (C=O) groups excluding carboxylic acids is 1. The minimum Gasteiger partial charge on any atom is -0.440 e. The third-order valence-electron chi connectivity index (χ3n) is 6.70. The summed E-state index contributed by atoms with van der Waals surface area (Å²) in [6.07, 6.45) is 2.82. The molecule has 2 aliphatic heterocycles. The quantitative estimate of drug-likeness (QED) is 0.433. The average Bonchev–Trinajstić information content (AvgIpc) is 3.22. The second-order valence-corrected chi connectivity index (χ2v) is 9.83. The zero-order valence-corrected chi connectivity index (χ0v) is 19.7. The number of fused-ring (bicyclic) bond motifs is 1. The van der Waals surface area contributed by atoms with Crippen LogP contribution in [0.4, 0.5) is 0 Å². The zero-order chi connectivity index (χ0) is 22.3. The van der Waals surface area contributed by atoms with Gasteiger partial charge in [-0.15, -0.1) is 0 Å². The SMILES string of the molecule is O=C(N1CCC(c2nc3cc(Cl)ccc3o2)CC1)C1(c2ccc(Cl)cc2Cl)CCOCC1. The fourth-order valence-electron chi connectivity index (χ4n) is 4.92. The van der Waals surface area contributed by atoms with Gasteiger partial charge in [0.2, 0.25) is 5.91 Å². The molecule has 5 nitrogen and oxygen atoms in total. The second kappa shape index (κ2) is 8.86. The maximum atomic E-state index is 13.9. The molecule has 2 saturated heterocycles. The van der Waals surface area contributed by atoms with Gasteiger partial charge in [0.05, 0.1) is 5.41 Å². The number of oxazole rings is 1. The first kappa shape index (κ1) is 22.0. The van der Waals surface area contributed by atoms with Gasteiger partial charge >= 0.3 is 0 Å². The number of rotatable bonds is 3. The summed E-state index contributed by atoms with van der Waals surface area (Å²) in [6, 6.07) is 10.9. The van der Waals surface area contributed by atoms with E-state index in [1.54, 1.807) is 18.2 Å². The molecule has 2 aromatic carbocycles. The molecule has 1 amide bonds. The molecule has 0 radical (unpaired) electrons. The van der Waals surface area contributed by atoms with Crippen molar-refractivity contribution in [1.82, 2.24) is 9.88 Å². The Morgan fingerprint density at radius 1 is 1.00 bits per heavy atom. The largest absolute Gasteiger partial charge is 0.440 e. The molecule has 8 heteroatoms. The highest BCUT2D eigenvalue weighted by Crippen LogP contribution is 2.42. The van der Waals surface area contributed by atoms with E-state index >= 15 is 0 Å². The van der Waals surface area contributed by atoms with Gasteiger partial charge in [-0.05, 0) is 61.6 Å². The normalized spacial score (nSPS) is 19.4. The van der Waals surface area contributed by atoms with E-state index in [9.17, 15) is 4.79 Å². The van der Waals surface area contributed by atoms with Crippen LogP contribution in [0.1, 0.15) is 43.1 Å². The predicted molar refractivity (Wildman–Crippen MR) is 126 cm³/mol. The number of aromatic nitrogens is 1. The first-order valence-electron chi connectivity index (χ1n) is 10.8. The van der Waals surface area contributed by atoms with Crippen molar-refractivity contribution in [1.29, 1.82) is 0 Å². The van der Waals surface area contributed by atoms with Crippen LogP contribution in [0.5, 0.6) is 0 Å². The van der Waals surface area contributed by atoms with Crippen molar-refractivity contribution >= 4 is 51.8 Å². The third kappa shape index (κ3) is 4.01. The van der Waals surface area contributed by atoms with Crippen molar-refractivity contribution in [2.24, 2.45) is 0 Å². The van der Waals surface area contributed by atoms with Crippen LogP contribution >= 0.6 is 34.8 Å². The Hall–Kier alpha value is -1.79. The molecule has 0 atom stereocenters. The van der Waals surface area contributed by atoms with Gasteiger partial charge in [0, 0.05) is 47.3 Å². The number of nitrogens with zero attached hydrogens (tertiary/aromatic N) is 2. The van der Waals surface area contributed by atoms with Crippen LogP contribution in [0.15, 0.2) is 40.8 Å². The van der Waals surface area contributed by atoms with Gasteiger partial charge in [-0.25, -0.2) is 4.98 Å². The highest BCUT2D eigenvalue weighted by molar-refractivity contribution is 6.35. The standard InChI is InChI=1S/C24H23Cl3N2O3/c25-16-1-3-18(19(27)13-16)24(7-11-31-12-8-24)23(30)29-9-5-15(6-10-29)22-28-20-14-17(26)2-4-21(20)32-22/h1-4,13-15H,5-12H2. The van der Waals surface area contributed by atoms with E-state index in [0.717, 1.165) is 35.4 Å². The molecular weight excluding hydrogens is 471 g/mol. The van der Waals surface area contributed by atoms with Crippen molar-refractivity contribution in [3.63, 3.8) is 0 Å². The topological polar surface area (TPSA) is 55.6 Å². The summed E-state index contributed by atoms with van der Waals surface area (Å²) in [7, 11) is 0. The minimum absolute atomic E-state index is 0.118. The summed E-state index contributed by atoms with van der Waals surface area (Å²) in [6.45, 7) is 2.37. The number of ether oxygens (including phenoxy) is 1. The van der Waals surface area contributed by atoms with Crippen LogP contribution in [0.2, 0.25) is 15.1 Å². The number of halogens is 3. The van der Waals surface area contributed by atoms with Gasteiger partial charge in [-0.1, -0.05) is 40.9 Å². The van der Waals surface area contributed by atoms with Crippen molar-refractivity contribution in [3.05, 3.63) is 62.9 Å². The smallest absolute Gasteiger partial charge is 0.233 e. The molecule has 0 unspecified atom stereocenters. The van der Waals surface area contributed by atoms with Gasteiger partial charge in [0.1, 0.15) is 5.52 Å². The first-order valence-corrected chi connectivity index (χ1v) is 12.0. The maximum absolute atomic E-state index is 13.9. The van der Waals surface area contributed by atoms with E-state index in [0.29, 0.717) is 54.2 Å². The fourth-order valence-corrected chi connectivity index (χ4v) is 5.68. The lowest BCUT2D eigenvalue weighted by atomic mass is 9.72. The van der Waals surface area contributed by atoms with E-state index in [2.05, 4.69) is 4.98 Å². The lowest BCUT2D eigenvalue weighted by Gasteiger charge is -2.42. The maximum Gasteiger partial charge on any atom is 0.233 e. The Morgan fingerprint density at radius 2 is 1.69 bits per heavy atom. The van der Waals surface area contributed by atoms with Gasteiger partial charge in [-0.3, -0.25) is 4.79 Å². The predicted octanol–water partition coefficient (Wildman–Crippen LogP) is 6.24. The van der Waals surface area contributed by atoms with Crippen LogP contribution in [-0.2, 0) is 14.9 Å². The molecule has 5 rings (SSSR count). The third-order valence-corrected chi connectivity index (χ3v) is 7.48. The zero-order valence-electron chi connectivity index (χ0n) is 17.5. The monoisotopic (exact) mass is 492 g/mol. The lowest BCUT2D eigenvalue weighted by Crippen LogP contribution is -2.52. The molecule has 3 aromatic rings. The summed E-state index contributed by atoms with van der Waals surface area (Å²) in [5, 5.41) is 1.74. The number of likely N-dealkylation sites (tertiary alicyclic amines) is 1. The van der Waals surface area contributed by atoms with Crippen LogP contribution in [0, 0.1) is 0 Å². The highest BCUT2D eigenvalue weighted by Gasteiger charge is 2.46. The summed E-state index contributed by atoms with van der Waals surface area (Å²) in [5.74, 6) is 1.01. The molecule has 1 aromatic heterocycles. The molecule has 168 valence electrons. The summed E-state index contributed by atoms with van der Waals surface area (Å²) >= 11 is 18.8. The average molecular weight is 494 g/mol. The Kier molecular flexibility index (Phi) is 6.10. The molecular formula is C24H23Cl3N2O3. The fraction of sp³-hybridized carbons (Fsp3) is 0.417. The van der Waals surface area contributed by atoms with Gasteiger partial charge in [0.25, 0.3) is 0 Å². The lowest BCUT2D eigenvalue weighted by molar-refractivity contribution is -0.142. The number of hydrogen-bond acceptors (Lipinski definition) is 4. The molecule has 0 bridgehead atoms. The molecule has 0 spiro atoms. The number of piperidine rings is 1. The van der Waals surface area contributed by atoms with Crippen molar-refractivity contribution in [3.8, 4) is 0 Å². The first-order chi connectivity index (χ1) is 15.5. The summed E-state index contributed by atoms with van der Waals surface area (Å²) in [4.78, 5) is 20.5.